The lowest BCUT2D eigenvalue weighted by molar-refractivity contribution is 0.484. The summed E-state index contributed by atoms with van der Waals surface area (Å²) >= 11 is 0. The molecule has 0 saturated heterocycles. The van der Waals surface area contributed by atoms with Gasteiger partial charge in [-0.1, -0.05) is 0 Å². The van der Waals surface area contributed by atoms with E-state index in [1.54, 1.807) is 6.26 Å². The zero-order chi connectivity index (χ0) is 11.3. The fourth-order valence-electron chi connectivity index (χ4n) is 1.10. The van der Waals surface area contributed by atoms with Crippen molar-refractivity contribution in [2.24, 2.45) is 0 Å². The summed E-state index contributed by atoms with van der Waals surface area (Å²) < 4.78 is 29.6. The van der Waals surface area contributed by atoms with Crippen LogP contribution in [0.15, 0.2) is 16.7 Å². The van der Waals surface area contributed by atoms with Gasteiger partial charge in [-0.25, -0.2) is 13.1 Å². The van der Waals surface area contributed by atoms with Crippen LogP contribution in [0.4, 0.5) is 0 Å². The molecule has 86 valence electrons. The van der Waals surface area contributed by atoms with E-state index in [1.165, 1.54) is 7.05 Å². The van der Waals surface area contributed by atoms with E-state index in [1.807, 2.05) is 13.0 Å². The monoisotopic (exact) mass is 232 g/mol. The number of hydrogen-bond acceptors (Lipinski definition) is 4. The number of sulfonamides is 1. The van der Waals surface area contributed by atoms with Crippen LogP contribution in [-0.2, 0) is 16.6 Å². The summed E-state index contributed by atoms with van der Waals surface area (Å²) in [5.74, 6) is 0.917. The van der Waals surface area contributed by atoms with E-state index < -0.39 is 10.0 Å². The second kappa shape index (κ2) is 5.29. The van der Waals surface area contributed by atoms with Crippen LogP contribution in [0.1, 0.15) is 11.3 Å². The van der Waals surface area contributed by atoms with Gasteiger partial charge in [-0.15, -0.1) is 0 Å². The second-order valence-corrected chi connectivity index (χ2v) is 5.27. The Labute approximate surface area is 89.9 Å². The summed E-state index contributed by atoms with van der Waals surface area (Å²) in [4.78, 5) is 0. The predicted molar refractivity (Wildman–Crippen MR) is 58.0 cm³/mol. The molecule has 5 nitrogen and oxygen atoms in total. The molecule has 0 amide bonds. The van der Waals surface area contributed by atoms with Crippen molar-refractivity contribution in [3.05, 3.63) is 23.7 Å². The lowest BCUT2D eigenvalue weighted by Gasteiger charge is -2.04. The van der Waals surface area contributed by atoms with Gasteiger partial charge in [0.15, 0.2) is 0 Å². The minimum atomic E-state index is -3.11. The number of aryl methyl sites for hydroxylation is 1. The topological polar surface area (TPSA) is 71.3 Å². The Morgan fingerprint density at radius 2 is 2.20 bits per heavy atom. The molecule has 1 heterocycles. The molecule has 0 spiro atoms. The van der Waals surface area contributed by atoms with Crippen molar-refractivity contribution in [2.45, 2.75) is 13.5 Å². The fraction of sp³-hybridized carbons (Fsp3) is 0.556. The Bertz CT molecular complexity index is 397. The highest BCUT2D eigenvalue weighted by atomic mass is 32.2. The van der Waals surface area contributed by atoms with Gasteiger partial charge in [0.05, 0.1) is 18.6 Å². The first-order chi connectivity index (χ1) is 7.05. The van der Waals surface area contributed by atoms with Crippen LogP contribution in [-0.4, -0.2) is 27.8 Å². The van der Waals surface area contributed by atoms with E-state index >= 15 is 0 Å². The Hall–Kier alpha value is -0.850. The standard InChI is InChI=1S/C9H16N2O3S/c1-8-3-5-14-9(8)7-11-4-6-15(12,13)10-2/h3,5,10-11H,4,6-7H2,1-2H3. The highest BCUT2D eigenvalue weighted by molar-refractivity contribution is 7.89. The molecule has 0 bridgehead atoms. The van der Waals surface area contributed by atoms with E-state index in [0.717, 1.165) is 11.3 Å². The van der Waals surface area contributed by atoms with E-state index in [9.17, 15) is 8.42 Å². The first-order valence-electron chi connectivity index (χ1n) is 4.70. The zero-order valence-electron chi connectivity index (χ0n) is 8.91. The second-order valence-electron chi connectivity index (χ2n) is 3.23. The van der Waals surface area contributed by atoms with Gasteiger partial charge >= 0.3 is 0 Å². The van der Waals surface area contributed by atoms with E-state index in [2.05, 4.69) is 10.0 Å². The van der Waals surface area contributed by atoms with Crippen molar-refractivity contribution in [1.29, 1.82) is 0 Å². The van der Waals surface area contributed by atoms with Crippen LogP contribution in [0.25, 0.3) is 0 Å². The number of furan rings is 1. The Morgan fingerprint density at radius 3 is 2.73 bits per heavy atom. The summed E-state index contributed by atoms with van der Waals surface area (Å²) in [6.07, 6.45) is 1.62. The van der Waals surface area contributed by atoms with Gasteiger partial charge in [0.2, 0.25) is 10.0 Å². The first kappa shape index (κ1) is 12.2. The molecule has 1 rings (SSSR count). The van der Waals surface area contributed by atoms with Crippen molar-refractivity contribution in [1.82, 2.24) is 10.0 Å². The van der Waals surface area contributed by atoms with E-state index in [4.69, 9.17) is 4.42 Å². The van der Waals surface area contributed by atoms with Gasteiger partial charge in [0.1, 0.15) is 5.76 Å². The van der Waals surface area contributed by atoms with Crippen LogP contribution < -0.4 is 10.0 Å². The molecule has 0 fully saturated rings. The third-order valence-corrected chi connectivity index (χ3v) is 3.48. The lowest BCUT2D eigenvalue weighted by atomic mass is 10.3. The maximum Gasteiger partial charge on any atom is 0.212 e. The fourth-order valence-corrected chi connectivity index (χ4v) is 1.71. The molecule has 15 heavy (non-hydrogen) atoms. The lowest BCUT2D eigenvalue weighted by Crippen LogP contribution is -2.29. The average Bonchev–Trinajstić information content (AvgIpc) is 2.59. The molecule has 1 aromatic rings. The molecule has 1 aromatic heterocycles. The third kappa shape index (κ3) is 4.03. The van der Waals surface area contributed by atoms with Crippen molar-refractivity contribution < 1.29 is 12.8 Å². The molecule has 0 aromatic carbocycles. The molecule has 2 N–H and O–H groups in total. The Morgan fingerprint density at radius 1 is 1.47 bits per heavy atom. The third-order valence-electron chi connectivity index (χ3n) is 2.11. The quantitative estimate of drug-likeness (QED) is 0.689. The summed E-state index contributed by atoms with van der Waals surface area (Å²) in [6, 6.07) is 1.88. The summed E-state index contributed by atoms with van der Waals surface area (Å²) in [7, 11) is -1.71. The molecule has 0 saturated carbocycles. The SMILES string of the molecule is CNS(=O)(=O)CCNCc1occc1C. The van der Waals surface area contributed by atoms with Crippen LogP contribution >= 0.6 is 0 Å². The van der Waals surface area contributed by atoms with Crippen molar-refractivity contribution in [3.63, 3.8) is 0 Å². The van der Waals surface area contributed by atoms with Crippen LogP contribution in [0.3, 0.4) is 0 Å². The number of hydrogen-bond donors (Lipinski definition) is 2. The zero-order valence-corrected chi connectivity index (χ0v) is 9.73. The van der Waals surface area contributed by atoms with Gasteiger partial charge in [-0.3, -0.25) is 0 Å². The molecule has 0 aliphatic rings. The minimum Gasteiger partial charge on any atom is -0.468 e. The van der Waals surface area contributed by atoms with E-state index in [-0.39, 0.29) is 5.75 Å². The van der Waals surface area contributed by atoms with Gasteiger partial charge in [-0.2, -0.15) is 0 Å². The van der Waals surface area contributed by atoms with E-state index in [0.29, 0.717) is 13.1 Å². The van der Waals surface area contributed by atoms with Crippen LogP contribution in [0.2, 0.25) is 0 Å². The summed E-state index contributed by atoms with van der Waals surface area (Å²) in [6.45, 7) is 2.91. The Balaban J connectivity index is 2.26. The maximum absolute atomic E-state index is 11.1. The highest BCUT2D eigenvalue weighted by Crippen LogP contribution is 2.07. The molecule has 0 unspecified atom stereocenters. The van der Waals surface area contributed by atoms with Gasteiger partial charge < -0.3 is 9.73 Å². The predicted octanol–water partition coefficient (Wildman–Crippen LogP) is 0.227. The largest absolute Gasteiger partial charge is 0.468 e. The van der Waals surface area contributed by atoms with Gasteiger partial charge in [0.25, 0.3) is 0 Å². The van der Waals surface area contributed by atoms with Gasteiger partial charge in [-0.05, 0) is 25.6 Å². The molecule has 0 aliphatic heterocycles. The smallest absolute Gasteiger partial charge is 0.212 e. The Kier molecular flexibility index (Phi) is 4.31. The molecule has 0 aliphatic carbocycles. The van der Waals surface area contributed by atoms with Gasteiger partial charge in [0, 0.05) is 6.54 Å². The number of rotatable bonds is 6. The normalized spacial score (nSPS) is 11.9. The average molecular weight is 232 g/mol. The molecule has 0 radical (unpaired) electrons. The molecule has 6 heteroatoms. The first-order valence-corrected chi connectivity index (χ1v) is 6.35. The van der Waals surface area contributed by atoms with Crippen LogP contribution in [0, 0.1) is 6.92 Å². The van der Waals surface area contributed by atoms with Crippen molar-refractivity contribution in [2.75, 3.05) is 19.3 Å². The van der Waals surface area contributed by atoms with Crippen LogP contribution in [0.5, 0.6) is 0 Å². The van der Waals surface area contributed by atoms with Crippen molar-refractivity contribution >= 4 is 10.0 Å². The maximum atomic E-state index is 11.1. The molecular formula is C9H16N2O3S. The summed E-state index contributed by atoms with van der Waals surface area (Å²) in [5, 5.41) is 3.01. The summed E-state index contributed by atoms with van der Waals surface area (Å²) in [5.41, 5.74) is 1.07. The number of nitrogens with one attached hydrogen (secondary N) is 2. The molecule has 0 atom stereocenters. The molecular weight excluding hydrogens is 216 g/mol. The minimum absolute atomic E-state index is 0.0727. The van der Waals surface area contributed by atoms with Crippen molar-refractivity contribution in [3.8, 4) is 0 Å². The highest BCUT2D eigenvalue weighted by Gasteiger charge is 2.06.